The van der Waals surface area contributed by atoms with Crippen LogP contribution in [0.4, 0.5) is 5.82 Å². The van der Waals surface area contributed by atoms with E-state index < -0.39 is 13.0 Å². The molecule has 110 valence electrons. The molecule has 0 aliphatic rings. The Kier molecular flexibility index (Phi) is 8.30. The van der Waals surface area contributed by atoms with Crippen molar-refractivity contribution in [2.45, 2.75) is 20.3 Å². The number of hydrogen-bond acceptors (Lipinski definition) is 5. The van der Waals surface area contributed by atoms with E-state index in [1.54, 1.807) is 13.3 Å². The predicted octanol–water partition coefficient (Wildman–Crippen LogP) is 1.72. The first-order valence-electron chi connectivity index (χ1n) is 6.06. The second-order valence-electron chi connectivity index (χ2n) is 4.51. The van der Waals surface area contributed by atoms with E-state index in [4.69, 9.17) is 0 Å². The molecule has 0 spiro atoms. The van der Waals surface area contributed by atoms with E-state index in [0.29, 0.717) is 5.06 Å². The summed E-state index contributed by atoms with van der Waals surface area (Å²) in [5.74, 6) is -0.347. The third-order valence-corrected chi connectivity index (χ3v) is 2.70. The van der Waals surface area contributed by atoms with E-state index in [1.807, 2.05) is 0 Å². The number of aromatic nitrogens is 2. The molecule has 0 saturated carbocycles. The summed E-state index contributed by atoms with van der Waals surface area (Å²) >= 11 is 0. The molecule has 1 heterocycles. The number of rotatable bonds is 5. The van der Waals surface area contributed by atoms with Crippen LogP contribution in [-0.4, -0.2) is 47.2 Å². The topological polar surface area (TPSA) is 98.3 Å². The molecule has 0 aliphatic heterocycles. The molecule has 0 fully saturated rings. The Labute approximate surface area is 113 Å². The first kappa shape index (κ1) is 17.8. The molecule has 0 bridgehead atoms. The molecule has 0 unspecified atom stereocenters. The molecule has 0 radical (unpaired) electrons. The van der Waals surface area contributed by atoms with Crippen molar-refractivity contribution >= 4 is 18.9 Å². The van der Waals surface area contributed by atoms with E-state index in [0.717, 1.165) is 0 Å². The predicted molar refractivity (Wildman–Crippen MR) is 76.1 cm³/mol. The average molecular weight is 290 g/mol. The Bertz CT molecular complexity index is 402. The largest absolute Gasteiger partial charge is 0.329 e. The highest BCUT2D eigenvalue weighted by Crippen LogP contribution is 2.33. The number of aromatic amines is 1. The van der Waals surface area contributed by atoms with Gasteiger partial charge >= 0.3 is 0 Å². The second-order valence-corrected chi connectivity index (χ2v) is 7.97. The second kappa shape index (κ2) is 8.85. The number of imidazole rings is 1. The molecule has 1 aromatic rings. The van der Waals surface area contributed by atoms with Gasteiger partial charge < -0.3 is 14.9 Å². The van der Waals surface area contributed by atoms with Gasteiger partial charge in [-0.15, -0.1) is 0 Å². The molecule has 0 aliphatic carbocycles. The number of hydrogen-bond donors (Lipinski definition) is 3. The number of amides is 1. The molecule has 0 aromatic carbocycles. The van der Waals surface area contributed by atoms with Crippen LogP contribution in [0.5, 0.6) is 0 Å². The van der Waals surface area contributed by atoms with Crippen LogP contribution in [0.2, 0.25) is 0 Å². The van der Waals surface area contributed by atoms with Gasteiger partial charge in [-0.05, 0) is 13.3 Å². The van der Waals surface area contributed by atoms with Crippen LogP contribution < -0.4 is 10.4 Å². The average Bonchev–Trinajstić information content (AvgIpc) is 2.80. The monoisotopic (exact) mass is 290 g/mol. The number of hydroxylamine groups is 1. The van der Waals surface area contributed by atoms with Crippen molar-refractivity contribution in [3.05, 3.63) is 12.5 Å². The number of anilines is 1. The van der Waals surface area contributed by atoms with Crippen LogP contribution >= 0.6 is 7.14 Å². The molecular formula is C11H23N4O3P. The van der Waals surface area contributed by atoms with Crippen molar-refractivity contribution in [2.24, 2.45) is 0 Å². The lowest BCUT2D eigenvalue weighted by Gasteiger charge is -2.13. The smallest absolute Gasteiger partial charge is 0.266 e. The molecular weight excluding hydrogens is 267 g/mol. The normalized spacial score (nSPS) is 10.6. The Morgan fingerprint density at radius 1 is 1.53 bits per heavy atom. The summed E-state index contributed by atoms with van der Waals surface area (Å²) in [4.78, 5) is 17.7. The van der Waals surface area contributed by atoms with Gasteiger partial charge in [0.2, 0.25) is 0 Å². The van der Waals surface area contributed by atoms with Crippen LogP contribution in [0.25, 0.3) is 0 Å². The zero-order chi connectivity index (χ0) is 14.9. The summed E-state index contributed by atoms with van der Waals surface area (Å²) in [5.41, 5.74) is 0. The lowest BCUT2D eigenvalue weighted by atomic mass is 10.5. The summed E-state index contributed by atoms with van der Waals surface area (Å²) in [6.07, 6.45) is 4.18. The fourth-order valence-corrected chi connectivity index (χ4v) is 1.66. The fraction of sp³-hybridized carbons (Fsp3) is 0.636. The van der Waals surface area contributed by atoms with Gasteiger partial charge in [0.25, 0.3) is 5.91 Å². The van der Waals surface area contributed by atoms with Crippen LogP contribution in [0.3, 0.4) is 0 Å². The first-order chi connectivity index (χ1) is 8.81. The van der Waals surface area contributed by atoms with Gasteiger partial charge in [-0.25, -0.2) is 4.98 Å². The standard InChI is InChI=1S/C8H15N4O3P.C3H8/c1-16(2,15)6-10-4-8(13)12(14)7-3-9-5-11-7;1-3-2/h3,5,10,14H,4,6H2,1-2H3,(H,9,11);3H2,1-2H3. The summed E-state index contributed by atoms with van der Waals surface area (Å²) in [6, 6.07) is 0. The number of nitrogens with one attached hydrogen (secondary N) is 2. The number of H-pyrrole nitrogens is 1. The van der Waals surface area contributed by atoms with Crippen molar-refractivity contribution in [3.8, 4) is 0 Å². The van der Waals surface area contributed by atoms with E-state index in [2.05, 4.69) is 29.1 Å². The van der Waals surface area contributed by atoms with E-state index >= 15 is 0 Å². The van der Waals surface area contributed by atoms with Gasteiger partial charge in [-0.3, -0.25) is 10.0 Å². The van der Waals surface area contributed by atoms with Gasteiger partial charge in [-0.1, -0.05) is 20.3 Å². The summed E-state index contributed by atoms with van der Waals surface area (Å²) in [5, 5.41) is 12.6. The summed E-state index contributed by atoms with van der Waals surface area (Å²) < 4.78 is 11.3. The third kappa shape index (κ3) is 8.53. The van der Waals surface area contributed by atoms with Crippen LogP contribution in [0, 0.1) is 0 Å². The molecule has 0 atom stereocenters. The van der Waals surface area contributed by atoms with E-state index in [1.165, 1.54) is 18.9 Å². The van der Waals surface area contributed by atoms with Gasteiger partial charge in [0.1, 0.15) is 0 Å². The van der Waals surface area contributed by atoms with Gasteiger partial charge in [0.15, 0.2) is 5.82 Å². The van der Waals surface area contributed by atoms with Gasteiger partial charge in [0, 0.05) is 6.29 Å². The quantitative estimate of drug-likeness (QED) is 0.436. The van der Waals surface area contributed by atoms with Gasteiger partial charge in [-0.2, -0.15) is 5.06 Å². The zero-order valence-corrected chi connectivity index (χ0v) is 12.8. The molecule has 8 heteroatoms. The minimum atomic E-state index is -2.20. The molecule has 1 rings (SSSR count). The number of carbonyl (C=O) groups excluding carboxylic acids is 1. The number of nitrogens with zero attached hydrogens (tertiary/aromatic N) is 2. The zero-order valence-electron chi connectivity index (χ0n) is 11.9. The molecule has 3 N–H and O–H groups in total. The molecule has 1 aromatic heterocycles. The third-order valence-electron chi connectivity index (χ3n) is 1.72. The highest BCUT2D eigenvalue weighted by atomic mass is 31.2. The van der Waals surface area contributed by atoms with E-state index in [-0.39, 0.29) is 18.6 Å². The van der Waals surface area contributed by atoms with E-state index in [9.17, 15) is 14.6 Å². The van der Waals surface area contributed by atoms with Crippen molar-refractivity contribution in [1.29, 1.82) is 0 Å². The van der Waals surface area contributed by atoms with Crippen molar-refractivity contribution in [1.82, 2.24) is 15.3 Å². The van der Waals surface area contributed by atoms with Crippen molar-refractivity contribution in [3.63, 3.8) is 0 Å². The lowest BCUT2D eigenvalue weighted by molar-refractivity contribution is -0.122. The Hall–Kier alpha value is -1.17. The fourth-order valence-electron chi connectivity index (χ4n) is 1.01. The highest BCUT2D eigenvalue weighted by Gasteiger charge is 2.15. The Morgan fingerprint density at radius 3 is 2.53 bits per heavy atom. The minimum absolute atomic E-state index is 0.0822. The first-order valence-corrected chi connectivity index (χ1v) is 8.85. The number of carbonyl (C=O) groups is 1. The van der Waals surface area contributed by atoms with Crippen LogP contribution in [0.1, 0.15) is 20.3 Å². The van der Waals surface area contributed by atoms with Crippen LogP contribution in [0.15, 0.2) is 12.5 Å². The highest BCUT2D eigenvalue weighted by molar-refractivity contribution is 7.62. The Morgan fingerprint density at radius 2 is 2.11 bits per heavy atom. The summed E-state index contributed by atoms with van der Waals surface area (Å²) in [6.45, 7) is 7.41. The lowest BCUT2D eigenvalue weighted by Crippen LogP contribution is -2.36. The minimum Gasteiger partial charge on any atom is -0.329 e. The van der Waals surface area contributed by atoms with Crippen LogP contribution in [-0.2, 0) is 9.36 Å². The van der Waals surface area contributed by atoms with Crippen molar-refractivity contribution in [2.75, 3.05) is 31.2 Å². The molecule has 7 nitrogen and oxygen atoms in total. The molecule has 19 heavy (non-hydrogen) atoms. The van der Waals surface area contributed by atoms with Gasteiger partial charge in [0.05, 0.1) is 26.2 Å². The Balaban J connectivity index is 0.000000982. The SMILES string of the molecule is CCC.CP(C)(=O)CNCC(=O)N(O)c1cnc[nH]1. The maximum absolute atomic E-state index is 11.4. The maximum Gasteiger partial charge on any atom is 0.266 e. The van der Waals surface area contributed by atoms with Crippen molar-refractivity contribution < 1.29 is 14.6 Å². The maximum atomic E-state index is 11.4. The summed E-state index contributed by atoms with van der Waals surface area (Å²) in [7, 11) is -2.20. The molecule has 0 saturated heterocycles. The molecule has 1 amide bonds.